The van der Waals surface area contributed by atoms with E-state index in [9.17, 15) is 9.59 Å². The molecule has 110 valence electrons. The van der Waals surface area contributed by atoms with Crippen molar-refractivity contribution in [1.29, 1.82) is 0 Å². The Morgan fingerprint density at radius 1 is 1.30 bits per heavy atom. The third kappa shape index (κ3) is 3.73. The monoisotopic (exact) mass is 278 g/mol. The van der Waals surface area contributed by atoms with Crippen molar-refractivity contribution in [2.24, 2.45) is 0 Å². The van der Waals surface area contributed by atoms with Crippen LogP contribution < -0.4 is 5.32 Å². The van der Waals surface area contributed by atoms with Gasteiger partial charge in [-0.2, -0.15) is 0 Å². The lowest BCUT2D eigenvalue weighted by Crippen LogP contribution is -2.39. The quantitative estimate of drug-likeness (QED) is 0.867. The average Bonchev–Trinajstić information content (AvgIpc) is 2.41. The van der Waals surface area contributed by atoms with Crippen LogP contribution in [0.4, 0.5) is 10.5 Å². The third-order valence-corrected chi connectivity index (χ3v) is 3.53. The number of amides is 2. The summed E-state index contributed by atoms with van der Waals surface area (Å²) < 4.78 is 0. The first-order chi connectivity index (χ1) is 9.40. The molecule has 1 rings (SSSR count). The van der Waals surface area contributed by atoms with Crippen LogP contribution >= 0.6 is 0 Å². The smallest absolute Gasteiger partial charge is 0.335 e. The molecular weight excluding hydrogens is 256 g/mol. The molecule has 0 heterocycles. The molecule has 5 nitrogen and oxygen atoms in total. The molecule has 0 saturated carbocycles. The summed E-state index contributed by atoms with van der Waals surface area (Å²) in [5, 5.41) is 11.7. The first kappa shape index (κ1) is 16.0. The molecule has 2 N–H and O–H groups in total. The minimum Gasteiger partial charge on any atom is -0.478 e. The summed E-state index contributed by atoms with van der Waals surface area (Å²) in [6.45, 7) is 5.87. The van der Waals surface area contributed by atoms with Gasteiger partial charge < -0.3 is 15.3 Å². The Balaban J connectivity index is 2.83. The summed E-state index contributed by atoms with van der Waals surface area (Å²) in [7, 11) is 1.77. The SMILES string of the molecule is CCC(CC)N(C)C(=O)Nc1ccc(C(=O)O)cc1C. The summed E-state index contributed by atoms with van der Waals surface area (Å²) in [5.41, 5.74) is 1.59. The number of hydrogen-bond acceptors (Lipinski definition) is 2. The van der Waals surface area contributed by atoms with Gasteiger partial charge >= 0.3 is 12.0 Å². The van der Waals surface area contributed by atoms with Gasteiger partial charge in [0.25, 0.3) is 0 Å². The molecule has 0 saturated heterocycles. The molecule has 0 unspecified atom stereocenters. The van der Waals surface area contributed by atoms with Crippen molar-refractivity contribution in [1.82, 2.24) is 4.90 Å². The van der Waals surface area contributed by atoms with E-state index >= 15 is 0 Å². The fraction of sp³-hybridized carbons (Fsp3) is 0.467. The van der Waals surface area contributed by atoms with Gasteiger partial charge in [0.05, 0.1) is 5.56 Å². The van der Waals surface area contributed by atoms with E-state index in [4.69, 9.17) is 5.11 Å². The number of carboxylic acids is 1. The highest BCUT2D eigenvalue weighted by molar-refractivity contribution is 5.92. The molecule has 0 aliphatic heterocycles. The van der Waals surface area contributed by atoms with Crippen LogP contribution in [0.15, 0.2) is 18.2 Å². The number of aryl methyl sites for hydroxylation is 1. The van der Waals surface area contributed by atoms with E-state index in [1.54, 1.807) is 31.0 Å². The predicted molar refractivity (Wildman–Crippen MR) is 79.3 cm³/mol. The molecule has 0 fully saturated rings. The van der Waals surface area contributed by atoms with Crippen LogP contribution in [0, 0.1) is 6.92 Å². The molecule has 0 spiro atoms. The number of nitrogens with zero attached hydrogens (tertiary/aromatic N) is 1. The van der Waals surface area contributed by atoms with E-state index in [-0.39, 0.29) is 17.6 Å². The molecule has 1 aromatic rings. The normalized spacial score (nSPS) is 10.4. The first-order valence-electron chi connectivity index (χ1n) is 6.78. The molecule has 20 heavy (non-hydrogen) atoms. The van der Waals surface area contributed by atoms with Crippen molar-refractivity contribution >= 4 is 17.7 Å². The van der Waals surface area contributed by atoms with E-state index in [0.717, 1.165) is 18.4 Å². The van der Waals surface area contributed by atoms with Crippen molar-refractivity contribution in [3.63, 3.8) is 0 Å². The van der Waals surface area contributed by atoms with Gasteiger partial charge in [-0.25, -0.2) is 9.59 Å². The van der Waals surface area contributed by atoms with Crippen molar-refractivity contribution in [2.75, 3.05) is 12.4 Å². The maximum Gasteiger partial charge on any atom is 0.335 e. The summed E-state index contributed by atoms with van der Waals surface area (Å²) in [5.74, 6) is -0.972. The largest absolute Gasteiger partial charge is 0.478 e. The van der Waals surface area contributed by atoms with Gasteiger partial charge in [-0.05, 0) is 43.5 Å². The maximum atomic E-state index is 12.1. The highest BCUT2D eigenvalue weighted by Crippen LogP contribution is 2.18. The zero-order valence-electron chi connectivity index (χ0n) is 12.4. The number of rotatable bonds is 5. The number of hydrogen-bond donors (Lipinski definition) is 2. The van der Waals surface area contributed by atoms with Gasteiger partial charge in [0.1, 0.15) is 0 Å². The zero-order valence-corrected chi connectivity index (χ0v) is 12.4. The lowest BCUT2D eigenvalue weighted by atomic mass is 10.1. The van der Waals surface area contributed by atoms with E-state index in [2.05, 4.69) is 5.32 Å². The number of carbonyl (C=O) groups excluding carboxylic acids is 1. The molecule has 5 heteroatoms. The third-order valence-electron chi connectivity index (χ3n) is 3.53. The minimum atomic E-state index is -0.972. The highest BCUT2D eigenvalue weighted by Gasteiger charge is 2.17. The van der Waals surface area contributed by atoms with Crippen LogP contribution in [0.5, 0.6) is 0 Å². The molecule has 0 atom stereocenters. The van der Waals surface area contributed by atoms with E-state index in [1.807, 2.05) is 13.8 Å². The topological polar surface area (TPSA) is 69.6 Å². The Morgan fingerprint density at radius 2 is 1.90 bits per heavy atom. The fourth-order valence-electron chi connectivity index (χ4n) is 2.14. The first-order valence-corrected chi connectivity index (χ1v) is 6.78. The number of urea groups is 1. The molecule has 0 aromatic heterocycles. The molecule has 0 aliphatic rings. The van der Waals surface area contributed by atoms with Crippen LogP contribution in [-0.4, -0.2) is 35.1 Å². The van der Waals surface area contributed by atoms with Crippen LogP contribution in [0.2, 0.25) is 0 Å². The molecule has 0 bridgehead atoms. The number of carboxylic acid groups (broad SMARTS) is 1. The fourth-order valence-corrected chi connectivity index (χ4v) is 2.14. The van der Waals surface area contributed by atoms with Crippen molar-refractivity contribution in [3.8, 4) is 0 Å². The number of anilines is 1. The number of carbonyl (C=O) groups is 2. The second-order valence-electron chi connectivity index (χ2n) is 4.85. The van der Waals surface area contributed by atoms with Gasteiger partial charge in [0.2, 0.25) is 0 Å². The van der Waals surface area contributed by atoms with Crippen molar-refractivity contribution in [3.05, 3.63) is 29.3 Å². The standard InChI is InChI=1S/C15H22N2O3/c1-5-12(6-2)17(4)15(20)16-13-8-7-11(14(18)19)9-10(13)3/h7-9,12H,5-6H2,1-4H3,(H,16,20)(H,18,19). The molecule has 0 radical (unpaired) electrons. The minimum absolute atomic E-state index is 0.176. The van der Waals surface area contributed by atoms with Gasteiger partial charge in [-0.1, -0.05) is 13.8 Å². The molecule has 1 aromatic carbocycles. The van der Waals surface area contributed by atoms with Gasteiger partial charge in [-0.3, -0.25) is 0 Å². The predicted octanol–water partition coefficient (Wildman–Crippen LogP) is 3.35. The maximum absolute atomic E-state index is 12.1. The second kappa shape index (κ2) is 6.93. The zero-order chi connectivity index (χ0) is 15.3. The molecular formula is C15H22N2O3. The summed E-state index contributed by atoms with van der Waals surface area (Å²) in [6.07, 6.45) is 1.80. The van der Waals surface area contributed by atoms with Gasteiger partial charge in [0, 0.05) is 18.8 Å². The Morgan fingerprint density at radius 3 is 2.35 bits per heavy atom. The van der Waals surface area contributed by atoms with Gasteiger partial charge in [0.15, 0.2) is 0 Å². The lowest BCUT2D eigenvalue weighted by Gasteiger charge is -2.26. The lowest BCUT2D eigenvalue weighted by molar-refractivity contribution is 0.0697. The van der Waals surface area contributed by atoms with Crippen molar-refractivity contribution < 1.29 is 14.7 Å². The van der Waals surface area contributed by atoms with Crippen LogP contribution in [0.1, 0.15) is 42.6 Å². The van der Waals surface area contributed by atoms with E-state index < -0.39 is 5.97 Å². The summed E-state index contributed by atoms with van der Waals surface area (Å²) >= 11 is 0. The van der Waals surface area contributed by atoms with Crippen molar-refractivity contribution in [2.45, 2.75) is 39.7 Å². The van der Waals surface area contributed by atoms with Crippen LogP contribution in [0.3, 0.4) is 0 Å². The number of benzene rings is 1. The Kier molecular flexibility index (Phi) is 5.55. The second-order valence-corrected chi connectivity index (χ2v) is 4.85. The highest BCUT2D eigenvalue weighted by atomic mass is 16.4. The Labute approximate surface area is 119 Å². The van der Waals surface area contributed by atoms with Crippen LogP contribution in [-0.2, 0) is 0 Å². The van der Waals surface area contributed by atoms with E-state index in [0.29, 0.717) is 5.69 Å². The van der Waals surface area contributed by atoms with E-state index in [1.165, 1.54) is 6.07 Å². The summed E-state index contributed by atoms with van der Waals surface area (Å²) in [4.78, 5) is 24.7. The van der Waals surface area contributed by atoms with Gasteiger partial charge in [-0.15, -0.1) is 0 Å². The number of nitrogens with one attached hydrogen (secondary N) is 1. The molecule has 2 amide bonds. The Bertz CT molecular complexity index is 496. The number of aromatic carboxylic acids is 1. The van der Waals surface area contributed by atoms with Crippen LogP contribution in [0.25, 0.3) is 0 Å². The Hall–Kier alpha value is -2.04. The average molecular weight is 278 g/mol. The summed E-state index contributed by atoms with van der Waals surface area (Å²) in [6, 6.07) is 4.69. The molecule has 0 aliphatic carbocycles.